The fourth-order valence-corrected chi connectivity index (χ4v) is 2.40. The zero-order chi connectivity index (χ0) is 14.4. The summed E-state index contributed by atoms with van der Waals surface area (Å²) < 4.78 is 5.51. The van der Waals surface area contributed by atoms with Crippen LogP contribution in [0.3, 0.4) is 0 Å². The summed E-state index contributed by atoms with van der Waals surface area (Å²) >= 11 is 0. The molecule has 1 fully saturated rings. The molecule has 20 heavy (non-hydrogen) atoms. The topological polar surface area (TPSA) is 66.8 Å². The number of benzene rings is 1. The third-order valence-corrected chi connectivity index (χ3v) is 3.41. The molecule has 0 bridgehead atoms. The molecule has 1 saturated heterocycles. The van der Waals surface area contributed by atoms with E-state index in [0.29, 0.717) is 32.4 Å². The van der Waals surface area contributed by atoms with Crippen molar-refractivity contribution in [2.24, 2.45) is 0 Å². The molecule has 1 aliphatic heterocycles. The third-order valence-electron chi connectivity index (χ3n) is 3.41. The van der Waals surface area contributed by atoms with Crippen LogP contribution in [0.5, 0.6) is 5.75 Å². The maximum atomic E-state index is 12.0. The second-order valence-electron chi connectivity index (χ2n) is 4.85. The van der Waals surface area contributed by atoms with Crippen molar-refractivity contribution in [3.8, 4) is 5.75 Å². The number of carboxylic acid groups (broad SMARTS) is 1. The standard InChI is InChI=1S/C15H19NO4/c17-14(16-10-4-8-13(16)15(18)19)9-5-11-20-12-6-2-1-3-7-12/h1-3,6-7,13H,4-5,8-11H2,(H,18,19)/t13-/m1/s1. The van der Waals surface area contributed by atoms with Crippen molar-refractivity contribution in [3.63, 3.8) is 0 Å². The highest BCUT2D eigenvalue weighted by Crippen LogP contribution is 2.19. The Morgan fingerprint density at radius 2 is 2.05 bits per heavy atom. The number of likely N-dealkylation sites (tertiary alicyclic amines) is 1. The summed E-state index contributed by atoms with van der Waals surface area (Å²) in [5.74, 6) is -0.215. The highest BCUT2D eigenvalue weighted by atomic mass is 16.5. The van der Waals surface area contributed by atoms with Crippen LogP contribution in [0, 0.1) is 0 Å². The predicted octanol–water partition coefficient (Wildman–Crippen LogP) is 1.92. The Kier molecular flexibility index (Phi) is 4.98. The highest BCUT2D eigenvalue weighted by molar-refractivity contribution is 5.84. The molecule has 1 atom stereocenters. The first-order valence-corrected chi connectivity index (χ1v) is 6.88. The molecule has 0 radical (unpaired) electrons. The lowest BCUT2D eigenvalue weighted by Crippen LogP contribution is -2.40. The number of nitrogens with zero attached hydrogens (tertiary/aromatic N) is 1. The molecular weight excluding hydrogens is 258 g/mol. The van der Waals surface area contributed by atoms with E-state index in [9.17, 15) is 9.59 Å². The quantitative estimate of drug-likeness (QED) is 0.807. The van der Waals surface area contributed by atoms with Gasteiger partial charge in [-0.25, -0.2) is 4.79 Å². The summed E-state index contributed by atoms with van der Waals surface area (Å²) in [6.45, 7) is 1.01. The van der Waals surface area contributed by atoms with Crippen LogP contribution >= 0.6 is 0 Å². The van der Waals surface area contributed by atoms with Crippen molar-refractivity contribution in [3.05, 3.63) is 30.3 Å². The van der Waals surface area contributed by atoms with Crippen molar-refractivity contribution < 1.29 is 19.4 Å². The minimum Gasteiger partial charge on any atom is -0.494 e. The molecule has 5 nitrogen and oxygen atoms in total. The van der Waals surface area contributed by atoms with Gasteiger partial charge in [0.2, 0.25) is 5.91 Å². The normalized spacial score (nSPS) is 18.0. The predicted molar refractivity (Wildman–Crippen MR) is 73.5 cm³/mol. The van der Waals surface area contributed by atoms with Gasteiger partial charge in [0.05, 0.1) is 6.61 Å². The zero-order valence-electron chi connectivity index (χ0n) is 11.3. The van der Waals surface area contributed by atoms with Gasteiger partial charge in [0, 0.05) is 13.0 Å². The Morgan fingerprint density at radius 3 is 2.75 bits per heavy atom. The third kappa shape index (κ3) is 3.73. The molecule has 0 spiro atoms. The van der Waals surface area contributed by atoms with Gasteiger partial charge in [-0.3, -0.25) is 4.79 Å². The molecule has 5 heteroatoms. The summed E-state index contributed by atoms with van der Waals surface area (Å²) in [5, 5.41) is 9.03. The van der Waals surface area contributed by atoms with Crippen LogP contribution in [0.15, 0.2) is 30.3 Å². The summed E-state index contributed by atoms with van der Waals surface area (Å²) in [4.78, 5) is 24.5. The Bertz CT molecular complexity index is 460. The Morgan fingerprint density at radius 1 is 1.30 bits per heavy atom. The van der Waals surface area contributed by atoms with Gasteiger partial charge in [0.25, 0.3) is 0 Å². The molecule has 0 aliphatic carbocycles. The molecule has 108 valence electrons. The van der Waals surface area contributed by atoms with Crippen LogP contribution in [-0.4, -0.2) is 41.1 Å². The Hall–Kier alpha value is -2.04. The Labute approximate surface area is 118 Å². The molecular formula is C15H19NO4. The molecule has 1 aromatic carbocycles. The van der Waals surface area contributed by atoms with Crippen LogP contribution in [0.1, 0.15) is 25.7 Å². The van der Waals surface area contributed by atoms with E-state index in [1.807, 2.05) is 30.3 Å². The summed E-state index contributed by atoms with van der Waals surface area (Å²) in [6.07, 6.45) is 2.25. The van der Waals surface area contributed by atoms with Gasteiger partial charge in [-0.2, -0.15) is 0 Å². The fourth-order valence-electron chi connectivity index (χ4n) is 2.40. The monoisotopic (exact) mass is 277 g/mol. The van der Waals surface area contributed by atoms with Crippen LogP contribution in [-0.2, 0) is 9.59 Å². The van der Waals surface area contributed by atoms with Crippen LogP contribution in [0.25, 0.3) is 0 Å². The summed E-state index contributed by atoms with van der Waals surface area (Å²) in [5.41, 5.74) is 0. The van der Waals surface area contributed by atoms with Crippen molar-refractivity contribution >= 4 is 11.9 Å². The first kappa shape index (κ1) is 14.4. The van der Waals surface area contributed by atoms with Gasteiger partial charge < -0.3 is 14.7 Å². The van der Waals surface area contributed by atoms with E-state index in [4.69, 9.17) is 9.84 Å². The number of aliphatic carboxylic acids is 1. The first-order valence-electron chi connectivity index (χ1n) is 6.88. The minimum atomic E-state index is -0.906. The van der Waals surface area contributed by atoms with Crippen LogP contribution < -0.4 is 4.74 Å². The lowest BCUT2D eigenvalue weighted by atomic mass is 10.2. The second kappa shape index (κ2) is 6.93. The van der Waals surface area contributed by atoms with E-state index < -0.39 is 12.0 Å². The number of carbonyl (C=O) groups excluding carboxylic acids is 1. The van der Waals surface area contributed by atoms with Gasteiger partial charge >= 0.3 is 5.97 Å². The van der Waals surface area contributed by atoms with Crippen molar-refractivity contribution in [2.45, 2.75) is 31.7 Å². The smallest absolute Gasteiger partial charge is 0.326 e. The number of carboxylic acids is 1. The largest absolute Gasteiger partial charge is 0.494 e. The summed E-state index contributed by atoms with van der Waals surface area (Å²) in [7, 11) is 0. The molecule has 2 rings (SSSR count). The Balaban J connectivity index is 1.71. The van der Waals surface area contributed by atoms with Gasteiger partial charge in [0.15, 0.2) is 0 Å². The number of amides is 1. The first-order chi connectivity index (χ1) is 9.68. The molecule has 1 N–H and O–H groups in total. The highest BCUT2D eigenvalue weighted by Gasteiger charge is 2.33. The van der Waals surface area contributed by atoms with Gasteiger partial charge in [-0.05, 0) is 31.4 Å². The molecule has 1 amide bonds. The number of hydrogen-bond acceptors (Lipinski definition) is 3. The lowest BCUT2D eigenvalue weighted by Gasteiger charge is -2.21. The van der Waals surface area contributed by atoms with Gasteiger partial charge in [0.1, 0.15) is 11.8 Å². The van der Waals surface area contributed by atoms with E-state index in [1.165, 1.54) is 4.90 Å². The van der Waals surface area contributed by atoms with Crippen molar-refractivity contribution in [1.29, 1.82) is 0 Å². The maximum Gasteiger partial charge on any atom is 0.326 e. The van der Waals surface area contributed by atoms with E-state index >= 15 is 0 Å². The SMILES string of the molecule is O=C(O)[C@H]1CCCN1C(=O)CCCOc1ccccc1. The van der Waals surface area contributed by atoms with Crippen LogP contribution in [0.4, 0.5) is 0 Å². The molecule has 1 aromatic rings. The number of carbonyl (C=O) groups is 2. The van der Waals surface area contributed by atoms with Gasteiger partial charge in [-0.15, -0.1) is 0 Å². The maximum absolute atomic E-state index is 12.0. The minimum absolute atomic E-state index is 0.0911. The van der Waals surface area contributed by atoms with Gasteiger partial charge in [-0.1, -0.05) is 18.2 Å². The van der Waals surface area contributed by atoms with E-state index in [1.54, 1.807) is 0 Å². The number of rotatable bonds is 6. The number of hydrogen-bond donors (Lipinski definition) is 1. The average Bonchev–Trinajstić information content (AvgIpc) is 2.94. The summed E-state index contributed by atoms with van der Waals surface area (Å²) in [6, 6.07) is 8.78. The zero-order valence-corrected chi connectivity index (χ0v) is 11.3. The molecule has 1 heterocycles. The molecule has 0 aromatic heterocycles. The molecule has 1 aliphatic rings. The second-order valence-corrected chi connectivity index (χ2v) is 4.85. The number of para-hydroxylation sites is 1. The fraction of sp³-hybridized carbons (Fsp3) is 0.467. The molecule has 0 unspecified atom stereocenters. The van der Waals surface area contributed by atoms with E-state index in [2.05, 4.69) is 0 Å². The van der Waals surface area contributed by atoms with E-state index in [0.717, 1.165) is 12.2 Å². The number of ether oxygens (including phenoxy) is 1. The molecule has 0 saturated carbocycles. The van der Waals surface area contributed by atoms with Crippen molar-refractivity contribution in [2.75, 3.05) is 13.2 Å². The van der Waals surface area contributed by atoms with Crippen LogP contribution in [0.2, 0.25) is 0 Å². The lowest BCUT2D eigenvalue weighted by molar-refractivity contribution is -0.148. The van der Waals surface area contributed by atoms with Crippen molar-refractivity contribution in [1.82, 2.24) is 4.90 Å². The van der Waals surface area contributed by atoms with E-state index in [-0.39, 0.29) is 5.91 Å². The average molecular weight is 277 g/mol.